The van der Waals surface area contributed by atoms with Gasteiger partial charge in [0.25, 0.3) is 0 Å². The second-order valence-electron chi connectivity index (χ2n) is 3.92. The van der Waals surface area contributed by atoms with Crippen molar-refractivity contribution >= 4 is 21.4 Å². The molecule has 0 fully saturated rings. The van der Waals surface area contributed by atoms with E-state index in [9.17, 15) is 13.2 Å². The van der Waals surface area contributed by atoms with E-state index in [1.807, 2.05) is 0 Å². The molecule has 0 aliphatic rings. The Morgan fingerprint density at radius 2 is 1.76 bits per heavy atom. The standard InChI is InChI=1S/C12H15NO3S/c1-9(2)8-17(15,16)12-6-4-11(5-7-12)13-10(3)14/h4-7H,1,8H2,2-3H3,(H,13,14). The molecule has 0 saturated heterocycles. The molecule has 0 heterocycles. The van der Waals surface area contributed by atoms with Crippen LogP contribution in [0.2, 0.25) is 0 Å². The van der Waals surface area contributed by atoms with Crippen LogP contribution in [-0.4, -0.2) is 20.1 Å². The molecule has 1 N–H and O–H groups in total. The Balaban J connectivity index is 2.94. The second kappa shape index (κ2) is 5.14. The predicted molar refractivity (Wildman–Crippen MR) is 67.6 cm³/mol. The van der Waals surface area contributed by atoms with Crippen molar-refractivity contribution in [1.29, 1.82) is 0 Å². The Hall–Kier alpha value is -1.62. The van der Waals surface area contributed by atoms with E-state index in [1.54, 1.807) is 19.1 Å². The first kappa shape index (κ1) is 13.4. The van der Waals surface area contributed by atoms with Crippen LogP contribution in [0.3, 0.4) is 0 Å². The minimum Gasteiger partial charge on any atom is -0.326 e. The molecule has 0 atom stereocenters. The highest BCUT2D eigenvalue weighted by Crippen LogP contribution is 2.16. The summed E-state index contributed by atoms with van der Waals surface area (Å²) in [5.41, 5.74) is 1.17. The quantitative estimate of drug-likeness (QED) is 0.835. The number of anilines is 1. The summed E-state index contributed by atoms with van der Waals surface area (Å²) < 4.78 is 23.7. The fourth-order valence-corrected chi connectivity index (χ4v) is 2.72. The SMILES string of the molecule is C=C(C)CS(=O)(=O)c1ccc(NC(C)=O)cc1. The van der Waals surface area contributed by atoms with E-state index in [1.165, 1.54) is 19.1 Å². The molecule has 0 bridgehead atoms. The van der Waals surface area contributed by atoms with Crippen molar-refractivity contribution in [2.45, 2.75) is 18.7 Å². The summed E-state index contributed by atoms with van der Waals surface area (Å²) in [4.78, 5) is 11.0. The second-order valence-corrected chi connectivity index (χ2v) is 5.91. The zero-order chi connectivity index (χ0) is 13.1. The molecule has 1 rings (SSSR count). The average molecular weight is 253 g/mol. The first-order chi connectivity index (χ1) is 7.81. The van der Waals surface area contributed by atoms with Crippen molar-refractivity contribution in [2.75, 3.05) is 11.1 Å². The van der Waals surface area contributed by atoms with Crippen LogP contribution in [0.5, 0.6) is 0 Å². The van der Waals surface area contributed by atoms with Gasteiger partial charge in [0.15, 0.2) is 9.84 Å². The lowest BCUT2D eigenvalue weighted by Crippen LogP contribution is -2.08. The first-order valence-corrected chi connectivity index (χ1v) is 6.71. The van der Waals surface area contributed by atoms with Gasteiger partial charge in [-0.2, -0.15) is 0 Å². The van der Waals surface area contributed by atoms with Crippen molar-refractivity contribution in [2.24, 2.45) is 0 Å². The first-order valence-electron chi connectivity index (χ1n) is 5.06. The van der Waals surface area contributed by atoms with Crippen molar-refractivity contribution < 1.29 is 13.2 Å². The van der Waals surface area contributed by atoms with Gasteiger partial charge in [0.1, 0.15) is 0 Å². The lowest BCUT2D eigenvalue weighted by Gasteiger charge is -2.06. The van der Waals surface area contributed by atoms with Crippen LogP contribution in [0.15, 0.2) is 41.3 Å². The number of hydrogen-bond acceptors (Lipinski definition) is 3. The molecule has 92 valence electrons. The van der Waals surface area contributed by atoms with Gasteiger partial charge in [0.2, 0.25) is 5.91 Å². The zero-order valence-corrected chi connectivity index (χ0v) is 10.7. The Morgan fingerprint density at radius 3 is 2.18 bits per heavy atom. The summed E-state index contributed by atoms with van der Waals surface area (Å²) >= 11 is 0. The molecule has 0 saturated carbocycles. The molecule has 4 nitrogen and oxygen atoms in total. The fraction of sp³-hybridized carbons (Fsp3) is 0.250. The molecule has 1 aromatic carbocycles. The van der Waals surface area contributed by atoms with Crippen LogP contribution in [-0.2, 0) is 14.6 Å². The lowest BCUT2D eigenvalue weighted by atomic mass is 10.3. The highest BCUT2D eigenvalue weighted by atomic mass is 32.2. The Labute approximate surface area is 101 Å². The van der Waals surface area contributed by atoms with Crippen LogP contribution >= 0.6 is 0 Å². The Bertz CT molecular complexity index is 529. The molecule has 5 heteroatoms. The number of carbonyl (C=O) groups excluding carboxylic acids is 1. The maximum absolute atomic E-state index is 11.8. The third-order valence-corrected chi connectivity index (χ3v) is 3.83. The molecular weight excluding hydrogens is 238 g/mol. The lowest BCUT2D eigenvalue weighted by molar-refractivity contribution is -0.114. The van der Waals surface area contributed by atoms with Gasteiger partial charge in [-0.1, -0.05) is 12.2 Å². The molecule has 0 unspecified atom stereocenters. The highest BCUT2D eigenvalue weighted by molar-refractivity contribution is 7.91. The summed E-state index contributed by atoms with van der Waals surface area (Å²) in [5.74, 6) is -0.255. The molecule has 17 heavy (non-hydrogen) atoms. The zero-order valence-electron chi connectivity index (χ0n) is 9.86. The Morgan fingerprint density at radius 1 is 1.24 bits per heavy atom. The van der Waals surface area contributed by atoms with Gasteiger partial charge in [-0.25, -0.2) is 8.42 Å². The van der Waals surface area contributed by atoms with E-state index in [4.69, 9.17) is 0 Å². The van der Waals surface area contributed by atoms with E-state index in [0.29, 0.717) is 11.3 Å². The molecule has 1 amide bonds. The molecule has 0 aliphatic heterocycles. The van der Waals surface area contributed by atoms with E-state index >= 15 is 0 Å². The van der Waals surface area contributed by atoms with Gasteiger partial charge in [0, 0.05) is 12.6 Å². The molecule has 1 aromatic rings. The molecular formula is C12H15NO3S. The van der Waals surface area contributed by atoms with Crippen LogP contribution in [0.25, 0.3) is 0 Å². The van der Waals surface area contributed by atoms with E-state index < -0.39 is 9.84 Å². The van der Waals surface area contributed by atoms with Crippen molar-refractivity contribution in [1.82, 2.24) is 0 Å². The van der Waals surface area contributed by atoms with Crippen molar-refractivity contribution in [3.8, 4) is 0 Å². The van der Waals surface area contributed by atoms with Gasteiger partial charge in [-0.05, 0) is 31.2 Å². The normalized spacial score (nSPS) is 10.9. The number of nitrogens with one attached hydrogen (secondary N) is 1. The van der Waals surface area contributed by atoms with Crippen molar-refractivity contribution in [3.63, 3.8) is 0 Å². The molecule has 0 aliphatic carbocycles. The topological polar surface area (TPSA) is 63.2 Å². The van der Waals surface area contributed by atoms with Gasteiger partial charge in [-0.15, -0.1) is 0 Å². The Kier molecular flexibility index (Phi) is 4.07. The maximum Gasteiger partial charge on any atom is 0.221 e. The monoisotopic (exact) mass is 253 g/mol. The van der Waals surface area contributed by atoms with Crippen LogP contribution in [0.1, 0.15) is 13.8 Å². The van der Waals surface area contributed by atoms with Gasteiger partial charge in [-0.3, -0.25) is 4.79 Å². The summed E-state index contributed by atoms with van der Waals surface area (Å²) in [6, 6.07) is 6.08. The number of amides is 1. The van der Waals surface area contributed by atoms with E-state index in [0.717, 1.165) is 0 Å². The number of hydrogen-bond donors (Lipinski definition) is 1. The fourth-order valence-electron chi connectivity index (χ4n) is 1.36. The summed E-state index contributed by atoms with van der Waals surface area (Å²) in [6.07, 6.45) is 0. The largest absolute Gasteiger partial charge is 0.326 e. The molecule has 0 spiro atoms. The van der Waals surface area contributed by atoms with Crippen LogP contribution < -0.4 is 5.32 Å². The smallest absolute Gasteiger partial charge is 0.221 e. The maximum atomic E-state index is 11.8. The summed E-state index contributed by atoms with van der Waals surface area (Å²) in [6.45, 7) is 6.65. The highest BCUT2D eigenvalue weighted by Gasteiger charge is 2.14. The van der Waals surface area contributed by atoms with Gasteiger partial charge >= 0.3 is 0 Å². The third kappa shape index (κ3) is 4.03. The average Bonchev–Trinajstić information content (AvgIpc) is 2.15. The number of carbonyl (C=O) groups is 1. The minimum absolute atomic E-state index is 0.0630. The van der Waals surface area contributed by atoms with E-state index in [-0.39, 0.29) is 16.6 Å². The molecule has 0 aromatic heterocycles. The predicted octanol–water partition coefficient (Wildman–Crippen LogP) is 1.99. The van der Waals surface area contributed by atoms with Crippen LogP contribution in [0, 0.1) is 0 Å². The molecule has 0 radical (unpaired) electrons. The van der Waals surface area contributed by atoms with Crippen molar-refractivity contribution in [3.05, 3.63) is 36.4 Å². The summed E-state index contributed by atoms with van der Waals surface area (Å²) in [5, 5.41) is 2.57. The number of benzene rings is 1. The third-order valence-electron chi connectivity index (χ3n) is 1.97. The van der Waals surface area contributed by atoms with E-state index in [2.05, 4.69) is 11.9 Å². The number of sulfone groups is 1. The minimum atomic E-state index is -3.32. The van der Waals surface area contributed by atoms with Crippen LogP contribution in [0.4, 0.5) is 5.69 Å². The summed E-state index contributed by atoms with van der Waals surface area (Å²) in [7, 11) is -3.32. The van der Waals surface area contributed by atoms with Gasteiger partial charge in [0.05, 0.1) is 10.6 Å². The number of rotatable bonds is 4. The van der Waals surface area contributed by atoms with Gasteiger partial charge < -0.3 is 5.32 Å².